The molecule has 6 nitrogen and oxygen atoms in total. The Labute approximate surface area is 76.6 Å². The summed E-state index contributed by atoms with van der Waals surface area (Å²) in [6.07, 6.45) is 0. The maximum absolute atomic E-state index is 10.8. The molecule has 6 heteroatoms. The lowest BCUT2D eigenvalue weighted by molar-refractivity contribution is -0.131. The molecule has 4 N–H and O–H groups in total. The molecule has 0 aliphatic carbocycles. The molecule has 0 aromatic heterocycles. The number of ether oxygens (including phenoxy) is 1. The molecule has 0 unspecified atom stereocenters. The van der Waals surface area contributed by atoms with E-state index in [1.807, 2.05) is 4.90 Å². The molecule has 1 saturated heterocycles. The highest BCUT2D eigenvalue weighted by Crippen LogP contribution is 1.97. The zero-order valence-electron chi connectivity index (χ0n) is 7.40. The third-order valence-corrected chi connectivity index (χ3v) is 2.01. The van der Waals surface area contributed by atoms with Crippen LogP contribution in [0.3, 0.4) is 0 Å². The molecule has 0 radical (unpaired) electrons. The summed E-state index contributed by atoms with van der Waals surface area (Å²) in [6.45, 7) is 3.37. The largest absolute Gasteiger partial charge is 0.379 e. The Morgan fingerprint density at radius 2 is 2.23 bits per heavy atom. The van der Waals surface area contributed by atoms with Crippen molar-refractivity contribution in [1.29, 1.82) is 0 Å². The average molecular weight is 189 g/mol. The van der Waals surface area contributed by atoms with Crippen molar-refractivity contribution in [3.05, 3.63) is 0 Å². The van der Waals surface area contributed by atoms with Crippen molar-refractivity contribution in [3.8, 4) is 0 Å². The van der Waals surface area contributed by atoms with E-state index < -0.39 is 11.9 Å². The SMILES string of the molecule is N[C@H](CN1CCOCC1)C(=O)NO. The van der Waals surface area contributed by atoms with E-state index in [9.17, 15) is 4.79 Å². The number of morpholine rings is 1. The molecular weight excluding hydrogens is 174 g/mol. The van der Waals surface area contributed by atoms with E-state index >= 15 is 0 Å². The lowest BCUT2D eigenvalue weighted by Gasteiger charge is -2.28. The van der Waals surface area contributed by atoms with Crippen LogP contribution in [0.4, 0.5) is 0 Å². The molecule has 0 aromatic carbocycles. The number of rotatable bonds is 3. The van der Waals surface area contributed by atoms with Crippen LogP contribution < -0.4 is 11.2 Å². The van der Waals surface area contributed by atoms with E-state index in [-0.39, 0.29) is 0 Å². The number of nitrogens with two attached hydrogens (primary N) is 1. The molecular formula is C7H15N3O3. The molecule has 0 saturated carbocycles. The Hall–Kier alpha value is -0.690. The summed E-state index contributed by atoms with van der Waals surface area (Å²) in [5.74, 6) is -0.550. The summed E-state index contributed by atoms with van der Waals surface area (Å²) in [7, 11) is 0. The van der Waals surface area contributed by atoms with Gasteiger partial charge in [0.25, 0.3) is 5.91 Å². The number of nitrogens with zero attached hydrogens (tertiary/aromatic N) is 1. The van der Waals surface area contributed by atoms with E-state index in [1.54, 1.807) is 0 Å². The Balaban J connectivity index is 2.25. The van der Waals surface area contributed by atoms with Gasteiger partial charge in [0.2, 0.25) is 0 Å². The van der Waals surface area contributed by atoms with E-state index in [0.29, 0.717) is 19.8 Å². The van der Waals surface area contributed by atoms with E-state index in [0.717, 1.165) is 13.1 Å². The predicted octanol–water partition coefficient (Wildman–Crippen LogP) is -1.85. The minimum atomic E-state index is -0.678. The Kier molecular flexibility index (Phi) is 4.10. The zero-order chi connectivity index (χ0) is 9.68. The van der Waals surface area contributed by atoms with Crippen LogP contribution in [0, 0.1) is 0 Å². The number of carbonyl (C=O) groups excluding carboxylic acids is 1. The molecule has 13 heavy (non-hydrogen) atoms. The lowest BCUT2D eigenvalue weighted by Crippen LogP contribution is -2.49. The molecule has 1 amide bonds. The summed E-state index contributed by atoms with van der Waals surface area (Å²) in [4.78, 5) is 12.9. The van der Waals surface area contributed by atoms with Gasteiger partial charge in [-0.3, -0.25) is 14.9 Å². The molecule has 1 aliphatic rings. The number of hydroxylamine groups is 1. The maximum atomic E-state index is 10.8. The minimum Gasteiger partial charge on any atom is -0.379 e. The van der Waals surface area contributed by atoms with Gasteiger partial charge in [0.05, 0.1) is 19.3 Å². The molecule has 1 atom stereocenters. The van der Waals surface area contributed by atoms with Gasteiger partial charge in [-0.05, 0) is 0 Å². The zero-order valence-corrected chi connectivity index (χ0v) is 7.40. The van der Waals surface area contributed by atoms with E-state index in [4.69, 9.17) is 15.7 Å². The van der Waals surface area contributed by atoms with Crippen LogP contribution in [0.2, 0.25) is 0 Å². The lowest BCUT2D eigenvalue weighted by atomic mass is 10.2. The van der Waals surface area contributed by atoms with Crippen molar-refractivity contribution in [3.63, 3.8) is 0 Å². The number of carbonyl (C=O) groups is 1. The van der Waals surface area contributed by atoms with Gasteiger partial charge < -0.3 is 10.5 Å². The molecule has 1 heterocycles. The van der Waals surface area contributed by atoms with Crippen LogP contribution in [-0.4, -0.2) is 54.9 Å². The second kappa shape index (κ2) is 5.13. The van der Waals surface area contributed by atoms with Crippen molar-refractivity contribution in [2.24, 2.45) is 5.73 Å². The van der Waals surface area contributed by atoms with E-state index in [2.05, 4.69) is 0 Å². The number of hydrogen-bond acceptors (Lipinski definition) is 5. The van der Waals surface area contributed by atoms with Crippen LogP contribution in [-0.2, 0) is 9.53 Å². The normalized spacial score (nSPS) is 21.1. The average Bonchev–Trinajstić information content (AvgIpc) is 2.18. The third-order valence-electron chi connectivity index (χ3n) is 2.01. The summed E-state index contributed by atoms with van der Waals surface area (Å²) < 4.78 is 5.14. The predicted molar refractivity (Wildman–Crippen MR) is 45.2 cm³/mol. The topological polar surface area (TPSA) is 87.8 Å². The monoisotopic (exact) mass is 189 g/mol. The first-order valence-corrected chi connectivity index (χ1v) is 4.23. The molecule has 0 spiro atoms. The van der Waals surface area contributed by atoms with Crippen molar-refractivity contribution in [1.82, 2.24) is 10.4 Å². The Morgan fingerprint density at radius 1 is 1.62 bits per heavy atom. The van der Waals surface area contributed by atoms with Gasteiger partial charge in [-0.15, -0.1) is 0 Å². The van der Waals surface area contributed by atoms with Gasteiger partial charge in [0.15, 0.2) is 0 Å². The fourth-order valence-electron chi connectivity index (χ4n) is 1.23. The van der Waals surface area contributed by atoms with Gasteiger partial charge in [0, 0.05) is 19.6 Å². The van der Waals surface area contributed by atoms with Crippen LogP contribution in [0.15, 0.2) is 0 Å². The first kappa shape index (κ1) is 10.4. The number of amides is 1. The smallest absolute Gasteiger partial charge is 0.261 e. The molecule has 0 aromatic rings. The van der Waals surface area contributed by atoms with Crippen LogP contribution in [0.1, 0.15) is 0 Å². The highest BCUT2D eigenvalue weighted by Gasteiger charge is 2.18. The molecule has 0 bridgehead atoms. The highest BCUT2D eigenvalue weighted by atomic mass is 16.5. The van der Waals surface area contributed by atoms with Crippen molar-refractivity contribution < 1.29 is 14.7 Å². The minimum absolute atomic E-state index is 0.454. The Morgan fingerprint density at radius 3 is 2.77 bits per heavy atom. The highest BCUT2D eigenvalue weighted by molar-refractivity contribution is 5.80. The van der Waals surface area contributed by atoms with Crippen molar-refractivity contribution in [2.75, 3.05) is 32.8 Å². The molecule has 76 valence electrons. The Bertz CT molecular complexity index is 170. The quantitative estimate of drug-likeness (QED) is 0.358. The summed E-state index contributed by atoms with van der Waals surface area (Å²) in [5.41, 5.74) is 7.04. The fourth-order valence-corrected chi connectivity index (χ4v) is 1.23. The van der Waals surface area contributed by atoms with Gasteiger partial charge >= 0.3 is 0 Å². The summed E-state index contributed by atoms with van der Waals surface area (Å²) >= 11 is 0. The second-order valence-electron chi connectivity index (χ2n) is 3.00. The number of hydrogen-bond donors (Lipinski definition) is 3. The standard InChI is InChI=1S/C7H15N3O3/c8-6(7(11)9-12)5-10-1-3-13-4-2-10/h6,12H,1-5,8H2,(H,9,11)/t6-/m1/s1. The van der Waals surface area contributed by atoms with Crippen LogP contribution in [0.25, 0.3) is 0 Å². The molecule has 1 aliphatic heterocycles. The summed E-state index contributed by atoms with van der Waals surface area (Å²) in [5, 5.41) is 8.31. The van der Waals surface area contributed by atoms with Gasteiger partial charge in [-0.25, -0.2) is 5.48 Å². The van der Waals surface area contributed by atoms with Crippen molar-refractivity contribution >= 4 is 5.91 Å². The van der Waals surface area contributed by atoms with Crippen LogP contribution in [0.5, 0.6) is 0 Å². The van der Waals surface area contributed by atoms with Gasteiger partial charge in [-0.1, -0.05) is 0 Å². The second-order valence-corrected chi connectivity index (χ2v) is 3.00. The van der Waals surface area contributed by atoms with Gasteiger partial charge in [0.1, 0.15) is 0 Å². The molecule has 1 fully saturated rings. The maximum Gasteiger partial charge on any atom is 0.261 e. The third kappa shape index (κ3) is 3.27. The van der Waals surface area contributed by atoms with Crippen molar-refractivity contribution in [2.45, 2.75) is 6.04 Å². The number of nitrogens with one attached hydrogen (secondary N) is 1. The van der Waals surface area contributed by atoms with Gasteiger partial charge in [-0.2, -0.15) is 0 Å². The van der Waals surface area contributed by atoms with E-state index in [1.165, 1.54) is 5.48 Å². The fraction of sp³-hybridized carbons (Fsp3) is 0.857. The van der Waals surface area contributed by atoms with Crippen LogP contribution >= 0.6 is 0 Å². The first-order chi connectivity index (χ1) is 6.24. The molecule has 1 rings (SSSR count). The summed E-state index contributed by atoms with van der Waals surface area (Å²) in [6, 6.07) is -0.678. The first-order valence-electron chi connectivity index (χ1n) is 4.23.